The van der Waals surface area contributed by atoms with E-state index < -0.39 is 0 Å². The third kappa shape index (κ3) is 4.60. The van der Waals surface area contributed by atoms with Gasteiger partial charge in [0.2, 0.25) is 5.91 Å². The van der Waals surface area contributed by atoms with Crippen molar-refractivity contribution in [3.05, 3.63) is 54.1 Å². The van der Waals surface area contributed by atoms with E-state index in [1.54, 1.807) is 49.4 Å². The molecule has 0 bridgehead atoms. The van der Waals surface area contributed by atoms with E-state index in [0.29, 0.717) is 41.7 Å². The van der Waals surface area contributed by atoms with Gasteiger partial charge in [0.05, 0.1) is 6.42 Å². The van der Waals surface area contributed by atoms with E-state index in [2.05, 4.69) is 15.8 Å². The molecule has 1 aliphatic rings. The third-order valence-corrected chi connectivity index (χ3v) is 3.63. The molecule has 0 radical (unpaired) electrons. The summed E-state index contributed by atoms with van der Waals surface area (Å²) in [5.74, 6) is 0.708. The molecule has 0 fully saturated rings. The highest BCUT2D eigenvalue weighted by Gasteiger charge is 2.13. The van der Waals surface area contributed by atoms with Crippen LogP contribution in [0.15, 0.2) is 53.6 Å². The number of amides is 2. The van der Waals surface area contributed by atoms with Crippen molar-refractivity contribution in [2.45, 2.75) is 13.3 Å². The Morgan fingerprint density at radius 3 is 2.54 bits per heavy atom. The minimum atomic E-state index is -0.322. The number of hydrogen-bond acceptors (Lipinski definition) is 5. The Morgan fingerprint density at radius 2 is 1.77 bits per heavy atom. The van der Waals surface area contributed by atoms with Crippen LogP contribution in [0.4, 0.5) is 5.69 Å². The van der Waals surface area contributed by atoms with Crippen molar-refractivity contribution in [2.24, 2.45) is 5.10 Å². The molecule has 0 saturated carbocycles. The lowest BCUT2D eigenvalue weighted by atomic mass is 10.2. The topological polar surface area (TPSA) is 89.0 Å². The van der Waals surface area contributed by atoms with Crippen LogP contribution in [0, 0.1) is 0 Å². The fourth-order valence-electron chi connectivity index (χ4n) is 2.40. The Bertz CT molecular complexity index is 834. The van der Waals surface area contributed by atoms with Crippen LogP contribution in [-0.4, -0.2) is 30.7 Å². The number of ether oxygens (including phenoxy) is 2. The second-order valence-corrected chi connectivity index (χ2v) is 5.74. The lowest BCUT2D eigenvalue weighted by Gasteiger charge is -2.19. The molecule has 2 N–H and O–H groups in total. The molecular formula is C19H19N3O4. The van der Waals surface area contributed by atoms with Gasteiger partial charge in [0.25, 0.3) is 5.91 Å². The Kier molecular flexibility index (Phi) is 5.48. The summed E-state index contributed by atoms with van der Waals surface area (Å²) in [7, 11) is 0. The average Bonchev–Trinajstić information content (AvgIpc) is 2.66. The summed E-state index contributed by atoms with van der Waals surface area (Å²) >= 11 is 0. The van der Waals surface area contributed by atoms with Gasteiger partial charge in [-0.1, -0.05) is 18.2 Å². The monoisotopic (exact) mass is 353 g/mol. The normalized spacial score (nSPS) is 13.0. The molecule has 3 rings (SSSR count). The van der Waals surface area contributed by atoms with Crippen molar-refractivity contribution in [3.63, 3.8) is 0 Å². The van der Waals surface area contributed by atoms with Gasteiger partial charge in [0.15, 0.2) is 11.5 Å². The van der Waals surface area contributed by atoms with Gasteiger partial charge in [-0.25, -0.2) is 5.43 Å². The van der Waals surface area contributed by atoms with Crippen molar-refractivity contribution < 1.29 is 19.1 Å². The largest absolute Gasteiger partial charge is 0.486 e. The van der Waals surface area contributed by atoms with Gasteiger partial charge in [-0.15, -0.1) is 0 Å². The lowest BCUT2D eigenvalue weighted by Crippen LogP contribution is -2.21. The molecule has 0 saturated heterocycles. The number of fused-ring (bicyclic) bond motifs is 1. The van der Waals surface area contributed by atoms with Gasteiger partial charge >= 0.3 is 0 Å². The molecule has 1 aliphatic heterocycles. The summed E-state index contributed by atoms with van der Waals surface area (Å²) < 4.78 is 10.9. The van der Waals surface area contributed by atoms with E-state index in [-0.39, 0.29) is 18.2 Å². The number of carbonyl (C=O) groups is 2. The summed E-state index contributed by atoms with van der Waals surface area (Å²) in [4.78, 5) is 24.0. The fraction of sp³-hybridized carbons (Fsp3) is 0.211. The highest BCUT2D eigenvalue weighted by molar-refractivity contribution is 6.06. The average molecular weight is 353 g/mol. The number of hydrogen-bond donors (Lipinski definition) is 2. The fourth-order valence-corrected chi connectivity index (χ4v) is 2.40. The van der Waals surface area contributed by atoms with Gasteiger partial charge in [-0.05, 0) is 31.2 Å². The molecule has 0 unspecified atom stereocenters. The lowest BCUT2D eigenvalue weighted by molar-refractivity contribution is -0.115. The number of hydrazone groups is 1. The van der Waals surface area contributed by atoms with Crippen LogP contribution in [0.2, 0.25) is 0 Å². The molecule has 2 amide bonds. The van der Waals surface area contributed by atoms with Crippen molar-refractivity contribution in [1.82, 2.24) is 5.43 Å². The van der Waals surface area contributed by atoms with Gasteiger partial charge in [-0.2, -0.15) is 5.10 Å². The zero-order chi connectivity index (χ0) is 18.4. The maximum Gasteiger partial charge on any atom is 0.271 e. The summed E-state index contributed by atoms with van der Waals surface area (Å²) in [6.07, 6.45) is 0.0590. The minimum absolute atomic E-state index is 0.0590. The summed E-state index contributed by atoms with van der Waals surface area (Å²) in [6, 6.07) is 14.0. The summed E-state index contributed by atoms with van der Waals surface area (Å²) in [5.41, 5.74) is 4.05. The molecule has 0 spiro atoms. The van der Waals surface area contributed by atoms with Crippen molar-refractivity contribution >= 4 is 23.2 Å². The number of anilines is 1. The van der Waals surface area contributed by atoms with E-state index >= 15 is 0 Å². The van der Waals surface area contributed by atoms with E-state index in [1.807, 2.05) is 6.07 Å². The van der Waals surface area contributed by atoms with E-state index in [4.69, 9.17) is 9.47 Å². The summed E-state index contributed by atoms with van der Waals surface area (Å²) in [5, 5.41) is 6.74. The molecule has 1 heterocycles. The van der Waals surface area contributed by atoms with Crippen LogP contribution >= 0.6 is 0 Å². The number of rotatable bonds is 5. The first-order valence-electron chi connectivity index (χ1n) is 8.20. The Balaban J connectivity index is 1.53. The molecule has 0 aliphatic carbocycles. The smallest absolute Gasteiger partial charge is 0.271 e. The van der Waals surface area contributed by atoms with Crippen LogP contribution in [0.25, 0.3) is 0 Å². The van der Waals surface area contributed by atoms with Crippen LogP contribution in [0.1, 0.15) is 23.7 Å². The molecule has 134 valence electrons. The van der Waals surface area contributed by atoms with Crippen LogP contribution in [0.3, 0.4) is 0 Å². The van der Waals surface area contributed by atoms with Gasteiger partial charge in [0, 0.05) is 23.0 Å². The van der Waals surface area contributed by atoms with Crippen LogP contribution in [-0.2, 0) is 4.79 Å². The first-order valence-corrected chi connectivity index (χ1v) is 8.20. The molecule has 26 heavy (non-hydrogen) atoms. The Labute approximate surface area is 151 Å². The molecule has 7 heteroatoms. The first kappa shape index (κ1) is 17.5. The second-order valence-electron chi connectivity index (χ2n) is 5.74. The zero-order valence-corrected chi connectivity index (χ0v) is 14.3. The predicted molar refractivity (Wildman–Crippen MR) is 97.7 cm³/mol. The molecule has 7 nitrogen and oxygen atoms in total. The van der Waals surface area contributed by atoms with Crippen molar-refractivity contribution in [3.8, 4) is 11.5 Å². The summed E-state index contributed by atoms with van der Waals surface area (Å²) in [6.45, 7) is 2.68. The number of benzene rings is 2. The second kappa shape index (κ2) is 8.15. The van der Waals surface area contributed by atoms with E-state index in [9.17, 15) is 9.59 Å². The van der Waals surface area contributed by atoms with Crippen molar-refractivity contribution in [2.75, 3.05) is 18.5 Å². The SMILES string of the molecule is C/C(CC(=O)Nc1ccc2c(c1)OCCO2)=N/NC(=O)c1ccccc1. The van der Waals surface area contributed by atoms with Gasteiger partial charge in [-0.3, -0.25) is 9.59 Å². The quantitative estimate of drug-likeness (QED) is 0.639. The number of nitrogens with one attached hydrogen (secondary N) is 2. The van der Waals surface area contributed by atoms with Gasteiger partial charge in [0.1, 0.15) is 13.2 Å². The van der Waals surface area contributed by atoms with Crippen molar-refractivity contribution in [1.29, 1.82) is 0 Å². The maximum atomic E-state index is 12.1. The highest BCUT2D eigenvalue weighted by atomic mass is 16.6. The van der Waals surface area contributed by atoms with E-state index in [0.717, 1.165) is 0 Å². The highest BCUT2D eigenvalue weighted by Crippen LogP contribution is 2.32. The molecule has 0 atom stereocenters. The molecular weight excluding hydrogens is 334 g/mol. The number of nitrogens with zero attached hydrogens (tertiary/aromatic N) is 1. The van der Waals surface area contributed by atoms with Gasteiger partial charge < -0.3 is 14.8 Å². The Hall–Kier alpha value is -3.35. The van der Waals surface area contributed by atoms with E-state index in [1.165, 1.54) is 0 Å². The maximum absolute atomic E-state index is 12.1. The van der Waals surface area contributed by atoms with Crippen LogP contribution < -0.4 is 20.2 Å². The molecule has 2 aromatic rings. The predicted octanol–water partition coefficient (Wildman–Crippen LogP) is 2.59. The molecule has 2 aromatic carbocycles. The minimum Gasteiger partial charge on any atom is -0.486 e. The standard InChI is InChI=1S/C19H19N3O4/c1-13(21-22-19(24)14-5-3-2-4-6-14)11-18(23)20-15-7-8-16-17(12-15)26-10-9-25-16/h2-8,12H,9-11H2,1H3,(H,20,23)(H,22,24)/b21-13-. The third-order valence-electron chi connectivity index (χ3n) is 3.63. The molecule has 0 aromatic heterocycles. The number of carbonyl (C=O) groups excluding carboxylic acids is 2. The van der Waals surface area contributed by atoms with Crippen LogP contribution in [0.5, 0.6) is 11.5 Å². The first-order chi connectivity index (χ1) is 12.6. The Morgan fingerprint density at radius 1 is 1.04 bits per heavy atom. The zero-order valence-electron chi connectivity index (χ0n) is 14.3.